The van der Waals surface area contributed by atoms with E-state index >= 15 is 0 Å². The van der Waals surface area contributed by atoms with Crippen molar-refractivity contribution in [3.05, 3.63) is 59.5 Å². The van der Waals surface area contributed by atoms with Crippen molar-refractivity contribution in [3.63, 3.8) is 0 Å². The maximum atomic E-state index is 13.0. The molecule has 1 aromatic heterocycles. The lowest BCUT2D eigenvalue weighted by molar-refractivity contribution is -0.121. The van der Waals surface area contributed by atoms with Crippen LogP contribution in [0, 0.1) is 6.92 Å². The molecule has 1 aliphatic rings. The average molecular weight is 320 g/mol. The average Bonchev–Trinajstić information content (AvgIpc) is 2.94. The SMILES string of the molecule is Cc1nc2cc(NC(=O)C3(C)CCCc4ccccc43)ccc2o1. The molecule has 122 valence electrons. The molecule has 1 amide bonds. The van der Waals surface area contributed by atoms with Crippen molar-refractivity contribution in [2.45, 2.75) is 38.5 Å². The van der Waals surface area contributed by atoms with E-state index < -0.39 is 5.41 Å². The molecule has 2 aromatic carbocycles. The molecular weight excluding hydrogens is 300 g/mol. The monoisotopic (exact) mass is 320 g/mol. The van der Waals surface area contributed by atoms with Gasteiger partial charge in [0.25, 0.3) is 0 Å². The number of carbonyl (C=O) groups is 1. The van der Waals surface area contributed by atoms with E-state index in [-0.39, 0.29) is 5.91 Å². The summed E-state index contributed by atoms with van der Waals surface area (Å²) in [6.07, 6.45) is 2.94. The van der Waals surface area contributed by atoms with Crippen LogP contribution in [-0.2, 0) is 16.6 Å². The first-order valence-corrected chi connectivity index (χ1v) is 8.33. The van der Waals surface area contributed by atoms with Gasteiger partial charge < -0.3 is 9.73 Å². The number of hydrogen-bond donors (Lipinski definition) is 1. The van der Waals surface area contributed by atoms with Crippen molar-refractivity contribution < 1.29 is 9.21 Å². The molecular formula is C20H20N2O2. The molecule has 1 unspecified atom stereocenters. The Morgan fingerprint density at radius 2 is 2.08 bits per heavy atom. The van der Waals surface area contributed by atoms with Crippen LogP contribution in [0.5, 0.6) is 0 Å². The van der Waals surface area contributed by atoms with E-state index in [1.54, 1.807) is 0 Å². The maximum absolute atomic E-state index is 13.0. The summed E-state index contributed by atoms with van der Waals surface area (Å²) in [5.74, 6) is 0.663. The molecule has 0 aliphatic heterocycles. The van der Waals surface area contributed by atoms with E-state index in [9.17, 15) is 4.79 Å². The Hall–Kier alpha value is -2.62. The van der Waals surface area contributed by atoms with Crippen molar-refractivity contribution in [3.8, 4) is 0 Å². The number of nitrogens with zero attached hydrogens (tertiary/aromatic N) is 1. The van der Waals surface area contributed by atoms with Gasteiger partial charge in [-0.3, -0.25) is 4.79 Å². The van der Waals surface area contributed by atoms with Crippen molar-refractivity contribution in [2.24, 2.45) is 0 Å². The van der Waals surface area contributed by atoms with Gasteiger partial charge in [0.15, 0.2) is 11.5 Å². The molecule has 0 radical (unpaired) electrons. The molecule has 4 heteroatoms. The van der Waals surface area contributed by atoms with Crippen LogP contribution in [0.2, 0.25) is 0 Å². The number of carbonyl (C=O) groups excluding carboxylic acids is 1. The van der Waals surface area contributed by atoms with Crippen molar-refractivity contribution in [1.82, 2.24) is 4.98 Å². The molecule has 1 atom stereocenters. The van der Waals surface area contributed by atoms with Gasteiger partial charge in [0.2, 0.25) is 5.91 Å². The number of oxazole rings is 1. The van der Waals surface area contributed by atoms with E-state index in [1.807, 2.05) is 44.2 Å². The second kappa shape index (κ2) is 5.48. The molecule has 4 nitrogen and oxygen atoms in total. The Kier molecular flexibility index (Phi) is 3.41. The van der Waals surface area contributed by atoms with Gasteiger partial charge in [0, 0.05) is 12.6 Å². The van der Waals surface area contributed by atoms with Crippen LogP contribution in [0.3, 0.4) is 0 Å². The topological polar surface area (TPSA) is 55.1 Å². The van der Waals surface area contributed by atoms with Crippen molar-refractivity contribution in [1.29, 1.82) is 0 Å². The molecule has 3 aromatic rings. The predicted octanol–water partition coefficient (Wildman–Crippen LogP) is 4.37. The first kappa shape index (κ1) is 14.9. The Morgan fingerprint density at radius 3 is 2.96 bits per heavy atom. The fraction of sp³-hybridized carbons (Fsp3) is 0.300. The number of benzene rings is 2. The molecule has 0 fully saturated rings. The van der Waals surface area contributed by atoms with Crippen LogP contribution >= 0.6 is 0 Å². The zero-order valence-corrected chi connectivity index (χ0v) is 13.9. The number of nitrogens with one attached hydrogen (secondary N) is 1. The largest absolute Gasteiger partial charge is 0.441 e. The van der Waals surface area contributed by atoms with Crippen LogP contribution in [0.4, 0.5) is 5.69 Å². The van der Waals surface area contributed by atoms with E-state index in [4.69, 9.17) is 4.42 Å². The minimum atomic E-state index is -0.496. The van der Waals surface area contributed by atoms with Gasteiger partial charge in [-0.2, -0.15) is 0 Å². The zero-order chi connectivity index (χ0) is 16.7. The molecule has 0 bridgehead atoms. The number of rotatable bonds is 2. The molecule has 0 saturated heterocycles. The second-order valence-corrected chi connectivity index (χ2v) is 6.71. The third-order valence-electron chi connectivity index (χ3n) is 4.99. The molecule has 1 aliphatic carbocycles. The smallest absolute Gasteiger partial charge is 0.234 e. The van der Waals surface area contributed by atoms with E-state index in [2.05, 4.69) is 22.4 Å². The Morgan fingerprint density at radius 1 is 1.25 bits per heavy atom. The van der Waals surface area contributed by atoms with Crippen molar-refractivity contribution in [2.75, 3.05) is 5.32 Å². The van der Waals surface area contributed by atoms with Gasteiger partial charge in [-0.15, -0.1) is 0 Å². The minimum absolute atomic E-state index is 0.0363. The highest BCUT2D eigenvalue weighted by molar-refractivity contribution is 6.00. The Bertz CT molecular complexity index is 928. The van der Waals surface area contributed by atoms with Crippen LogP contribution in [0.25, 0.3) is 11.1 Å². The normalized spacial score (nSPS) is 19.9. The summed E-state index contributed by atoms with van der Waals surface area (Å²) in [7, 11) is 0. The Labute approximate surface area is 140 Å². The van der Waals surface area contributed by atoms with Crippen LogP contribution in [0.1, 0.15) is 36.8 Å². The molecule has 0 saturated carbocycles. The Balaban J connectivity index is 1.65. The lowest BCUT2D eigenvalue weighted by atomic mass is 9.70. The van der Waals surface area contributed by atoms with Crippen LogP contribution in [0.15, 0.2) is 46.9 Å². The molecule has 4 rings (SSSR count). The van der Waals surface area contributed by atoms with E-state index in [0.29, 0.717) is 5.89 Å². The first-order valence-electron chi connectivity index (χ1n) is 8.33. The number of hydrogen-bond acceptors (Lipinski definition) is 3. The van der Waals surface area contributed by atoms with Gasteiger partial charge in [0.05, 0.1) is 5.41 Å². The lowest BCUT2D eigenvalue weighted by Gasteiger charge is -2.34. The number of anilines is 1. The maximum Gasteiger partial charge on any atom is 0.234 e. The predicted molar refractivity (Wildman–Crippen MR) is 94.1 cm³/mol. The molecule has 1 N–H and O–H groups in total. The molecule has 24 heavy (non-hydrogen) atoms. The van der Waals surface area contributed by atoms with Gasteiger partial charge in [-0.05, 0) is 55.5 Å². The van der Waals surface area contributed by atoms with Crippen LogP contribution in [-0.4, -0.2) is 10.9 Å². The highest BCUT2D eigenvalue weighted by atomic mass is 16.3. The standard InChI is InChI=1S/C20H20N2O2/c1-13-21-17-12-15(9-10-18(17)24-13)22-19(23)20(2)11-5-7-14-6-3-4-8-16(14)20/h3-4,6,8-10,12H,5,7,11H2,1-2H3,(H,22,23). The van der Waals surface area contributed by atoms with E-state index in [1.165, 1.54) is 5.56 Å². The summed E-state index contributed by atoms with van der Waals surface area (Å²) in [6.45, 7) is 3.86. The van der Waals surface area contributed by atoms with Crippen LogP contribution < -0.4 is 5.32 Å². The summed E-state index contributed by atoms with van der Waals surface area (Å²) >= 11 is 0. The summed E-state index contributed by atoms with van der Waals surface area (Å²) in [4.78, 5) is 17.4. The summed E-state index contributed by atoms with van der Waals surface area (Å²) in [5, 5.41) is 3.07. The number of aromatic nitrogens is 1. The number of fused-ring (bicyclic) bond motifs is 2. The van der Waals surface area contributed by atoms with Gasteiger partial charge in [-0.25, -0.2) is 4.98 Å². The highest BCUT2D eigenvalue weighted by Crippen LogP contribution is 2.38. The lowest BCUT2D eigenvalue weighted by Crippen LogP contribution is -2.40. The third kappa shape index (κ3) is 2.39. The quantitative estimate of drug-likeness (QED) is 0.763. The first-order chi connectivity index (χ1) is 11.6. The summed E-state index contributed by atoms with van der Waals surface area (Å²) in [6, 6.07) is 13.8. The summed E-state index contributed by atoms with van der Waals surface area (Å²) < 4.78 is 5.49. The van der Waals surface area contributed by atoms with Gasteiger partial charge in [0.1, 0.15) is 5.52 Å². The number of aryl methyl sites for hydroxylation is 2. The third-order valence-corrected chi connectivity index (χ3v) is 4.99. The second-order valence-electron chi connectivity index (χ2n) is 6.71. The van der Waals surface area contributed by atoms with E-state index in [0.717, 1.165) is 41.6 Å². The van der Waals surface area contributed by atoms with Gasteiger partial charge >= 0.3 is 0 Å². The van der Waals surface area contributed by atoms with Gasteiger partial charge in [-0.1, -0.05) is 24.3 Å². The zero-order valence-electron chi connectivity index (χ0n) is 13.9. The fourth-order valence-electron chi connectivity index (χ4n) is 3.67. The number of amides is 1. The highest BCUT2D eigenvalue weighted by Gasteiger charge is 2.38. The van der Waals surface area contributed by atoms with Crippen molar-refractivity contribution >= 4 is 22.7 Å². The molecule has 1 heterocycles. The summed E-state index contributed by atoms with van der Waals surface area (Å²) in [5.41, 5.74) is 4.18. The fourth-order valence-corrected chi connectivity index (χ4v) is 3.67. The minimum Gasteiger partial charge on any atom is -0.441 e. The molecule has 0 spiro atoms.